The van der Waals surface area contributed by atoms with E-state index in [1.54, 1.807) is 24.3 Å². The molecule has 25 heavy (non-hydrogen) atoms. The third-order valence-electron chi connectivity index (χ3n) is 3.73. The maximum absolute atomic E-state index is 12.2. The minimum atomic E-state index is -0.227. The second kappa shape index (κ2) is 9.47. The second-order valence-corrected chi connectivity index (χ2v) is 5.83. The van der Waals surface area contributed by atoms with Crippen LogP contribution in [-0.2, 0) is 4.79 Å². The van der Waals surface area contributed by atoms with Crippen LogP contribution in [0.5, 0.6) is 11.5 Å². The molecule has 0 radical (unpaired) electrons. The van der Waals surface area contributed by atoms with Gasteiger partial charge in [-0.3, -0.25) is 9.59 Å². The molecule has 0 aliphatic rings. The van der Waals surface area contributed by atoms with Gasteiger partial charge in [-0.05, 0) is 43.7 Å². The van der Waals surface area contributed by atoms with Gasteiger partial charge in [-0.1, -0.05) is 31.2 Å². The molecular weight excluding hydrogens is 316 g/mol. The van der Waals surface area contributed by atoms with Crippen molar-refractivity contribution >= 4 is 11.8 Å². The molecule has 1 unspecified atom stereocenters. The predicted molar refractivity (Wildman–Crippen MR) is 97.8 cm³/mol. The van der Waals surface area contributed by atoms with Crippen molar-refractivity contribution in [2.75, 3.05) is 6.54 Å². The number of carbonyl (C=O) groups excluding carboxylic acids is 2. The number of amides is 2. The summed E-state index contributed by atoms with van der Waals surface area (Å²) in [6.07, 6.45) is 1.14. The molecule has 5 heteroatoms. The van der Waals surface area contributed by atoms with Gasteiger partial charge < -0.3 is 15.4 Å². The normalized spacial score (nSPS) is 11.4. The van der Waals surface area contributed by atoms with Crippen molar-refractivity contribution in [3.63, 3.8) is 0 Å². The number of hydrogen-bond acceptors (Lipinski definition) is 3. The SMILES string of the molecule is CCC(C)NC(=O)CCNC(=O)c1cccc(Oc2ccccc2)c1. The Kier molecular flexibility index (Phi) is 7.01. The summed E-state index contributed by atoms with van der Waals surface area (Å²) in [4.78, 5) is 23.9. The first-order chi connectivity index (χ1) is 12.1. The molecule has 2 aromatic carbocycles. The molecule has 0 saturated carbocycles. The molecule has 2 aromatic rings. The fraction of sp³-hybridized carbons (Fsp3) is 0.300. The molecule has 0 bridgehead atoms. The lowest BCUT2D eigenvalue weighted by molar-refractivity contribution is -0.121. The number of carbonyl (C=O) groups is 2. The maximum Gasteiger partial charge on any atom is 0.251 e. The lowest BCUT2D eigenvalue weighted by Gasteiger charge is -2.12. The molecule has 2 rings (SSSR count). The Morgan fingerprint density at radius 2 is 1.76 bits per heavy atom. The number of nitrogens with one attached hydrogen (secondary N) is 2. The minimum Gasteiger partial charge on any atom is -0.457 e. The summed E-state index contributed by atoms with van der Waals surface area (Å²) < 4.78 is 5.72. The van der Waals surface area contributed by atoms with Gasteiger partial charge in [0.25, 0.3) is 5.91 Å². The van der Waals surface area contributed by atoms with Crippen molar-refractivity contribution in [1.82, 2.24) is 10.6 Å². The summed E-state index contributed by atoms with van der Waals surface area (Å²) in [5.41, 5.74) is 0.496. The molecule has 0 aliphatic heterocycles. The zero-order chi connectivity index (χ0) is 18.1. The van der Waals surface area contributed by atoms with E-state index < -0.39 is 0 Å². The van der Waals surface area contributed by atoms with Crippen LogP contribution in [0, 0.1) is 0 Å². The van der Waals surface area contributed by atoms with Crippen LogP contribution in [0.3, 0.4) is 0 Å². The van der Waals surface area contributed by atoms with E-state index in [2.05, 4.69) is 10.6 Å². The first-order valence-corrected chi connectivity index (χ1v) is 8.49. The van der Waals surface area contributed by atoms with Crippen LogP contribution < -0.4 is 15.4 Å². The second-order valence-electron chi connectivity index (χ2n) is 5.83. The molecule has 2 N–H and O–H groups in total. The fourth-order valence-corrected chi connectivity index (χ4v) is 2.17. The number of benzene rings is 2. The van der Waals surface area contributed by atoms with Crippen LogP contribution in [0.1, 0.15) is 37.0 Å². The third kappa shape index (κ3) is 6.30. The molecule has 0 aromatic heterocycles. The minimum absolute atomic E-state index is 0.0594. The van der Waals surface area contributed by atoms with Crippen molar-refractivity contribution in [2.45, 2.75) is 32.7 Å². The highest BCUT2D eigenvalue weighted by Crippen LogP contribution is 2.21. The third-order valence-corrected chi connectivity index (χ3v) is 3.73. The van der Waals surface area contributed by atoms with Gasteiger partial charge in [-0.25, -0.2) is 0 Å². The van der Waals surface area contributed by atoms with E-state index in [0.29, 0.717) is 23.6 Å². The Bertz CT molecular complexity index is 701. The molecular formula is C20H24N2O3. The van der Waals surface area contributed by atoms with E-state index in [1.807, 2.05) is 44.2 Å². The summed E-state index contributed by atoms with van der Waals surface area (Å²) in [7, 11) is 0. The summed E-state index contributed by atoms with van der Waals surface area (Å²) in [5, 5.41) is 5.63. The van der Waals surface area contributed by atoms with E-state index in [9.17, 15) is 9.59 Å². The Morgan fingerprint density at radius 3 is 2.48 bits per heavy atom. The number of para-hydroxylation sites is 1. The summed E-state index contributed by atoms with van der Waals surface area (Å²) in [5.74, 6) is 1.01. The largest absolute Gasteiger partial charge is 0.457 e. The van der Waals surface area contributed by atoms with Gasteiger partial charge in [0.15, 0.2) is 0 Å². The van der Waals surface area contributed by atoms with Gasteiger partial charge in [-0.2, -0.15) is 0 Å². The summed E-state index contributed by atoms with van der Waals surface area (Å²) in [6.45, 7) is 4.26. The van der Waals surface area contributed by atoms with Crippen molar-refractivity contribution in [3.05, 3.63) is 60.2 Å². The number of hydrogen-bond donors (Lipinski definition) is 2. The first-order valence-electron chi connectivity index (χ1n) is 8.49. The fourth-order valence-electron chi connectivity index (χ4n) is 2.17. The van der Waals surface area contributed by atoms with Crippen LogP contribution in [0.2, 0.25) is 0 Å². The molecule has 0 spiro atoms. The number of rotatable bonds is 8. The van der Waals surface area contributed by atoms with Crippen LogP contribution in [0.25, 0.3) is 0 Å². The van der Waals surface area contributed by atoms with Crippen molar-refractivity contribution in [2.24, 2.45) is 0 Å². The van der Waals surface area contributed by atoms with Gasteiger partial charge in [0.1, 0.15) is 11.5 Å². The van der Waals surface area contributed by atoms with Gasteiger partial charge in [-0.15, -0.1) is 0 Å². The molecule has 0 heterocycles. The first kappa shape index (κ1) is 18.5. The van der Waals surface area contributed by atoms with E-state index >= 15 is 0 Å². The Morgan fingerprint density at radius 1 is 1.04 bits per heavy atom. The van der Waals surface area contributed by atoms with E-state index in [4.69, 9.17) is 4.74 Å². The van der Waals surface area contributed by atoms with E-state index in [0.717, 1.165) is 6.42 Å². The number of ether oxygens (including phenoxy) is 1. The van der Waals surface area contributed by atoms with Gasteiger partial charge in [0.05, 0.1) is 0 Å². The topological polar surface area (TPSA) is 67.4 Å². The monoisotopic (exact) mass is 340 g/mol. The van der Waals surface area contributed by atoms with Crippen molar-refractivity contribution in [1.29, 1.82) is 0 Å². The predicted octanol–water partition coefficient (Wildman–Crippen LogP) is 3.51. The van der Waals surface area contributed by atoms with Crippen LogP contribution >= 0.6 is 0 Å². The molecule has 132 valence electrons. The Labute approximate surface area is 148 Å². The molecule has 0 aliphatic carbocycles. The molecule has 1 atom stereocenters. The van der Waals surface area contributed by atoms with E-state index in [1.165, 1.54) is 0 Å². The average molecular weight is 340 g/mol. The zero-order valence-electron chi connectivity index (χ0n) is 14.6. The quantitative estimate of drug-likeness (QED) is 0.773. The Balaban J connectivity index is 1.85. The lowest BCUT2D eigenvalue weighted by atomic mass is 10.2. The maximum atomic E-state index is 12.2. The standard InChI is InChI=1S/C20H24N2O3/c1-3-15(2)22-19(23)12-13-21-20(24)16-8-7-11-18(14-16)25-17-9-5-4-6-10-17/h4-11,14-15H,3,12-13H2,1-2H3,(H,21,24)(H,22,23). The van der Waals surface area contributed by atoms with Gasteiger partial charge in [0, 0.05) is 24.6 Å². The highest BCUT2D eigenvalue weighted by Gasteiger charge is 2.09. The molecule has 2 amide bonds. The molecule has 0 fully saturated rings. The Hall–Kier alpha value is -2.82. The van der Waals surface area contributed by atoms with Gasteiger partial charge in [0.2, 0.25) is 5.91 Å². The average Bonchev–Trinajstić information content (AvgIpc) is 2.62. The highest BCUT2D eigenvalue weighted by atomic mass is 16.5. The lowest BCUT2D eigenvalue weighted by Crippen LogP contribution is -2.35. The highest BCUT2D eigenvalue weighted by molar-refractivity contribution is 5.94. The summed E-state index contributed by atoms with van der Waals surface area (Å²) in [6, 6.07) is 16.5. The zero-order valence-corrected chi connectivity index (χ0v) is 14.6. The van der Waals surface area contributed by atoms with E-state index in [-0.39, 0.29) is 24.3 Å². The van der Waals surface area contributed by atoms with Crippen LogP contribution in [-0.4, -0.2) is 24.4 Å². The van der Waals surface area contributed by atoms with Crippen molar-refractivity contribution in [3.8, 4) is 11.5 Å². The van der Waals surface area contributed by atoms with Crippen LogP contribution in [0.4, 0.5) is 0 Å². The smallest absolute Gasteiger partial charge is 0.251 e. The van der Waals surface area contributed by atoms with Gasteiger partial charge >= 0.3 is 0 Å². The molecule has 0 saturated heterocycles. The van der Waals surface area contributed by atoms with Crippen LogP contribution in [0.15, 0.2) is 54.6 Å². The van der Waals surface area contributed by atoms with Crippen molar-refractivity contribution < 1.29 is 14.3 Å². The summed E-state index contributed by atoms with van der Waals surface area (Å²) >= 11 is 0. The molecule has 5 nitrogen and oxygen atoms in total.